The van der Waals surface area contributed by atoms with Gasteiger partial charge in [-0.3, -0.25) is 4.79 Å². The lowest BCUT2D eigenvalue weighted by Gasteiger charge is -2.13. The van der Waals surface area contributed by atoms with Crippen molar-refractivity contribution in [1.82, 2.24) is 5.32 Å². The molecule has 0 aliphatic rings. The molecule has 84 valence electrons. The van der Waals surface area contributed by atoms with E-state index in [1.807, 2.05) is 6.92 Å². The molecule has 1 atom stereocenters. The van der Waals surface area contributed by atoms with Crippen LogP contribution in [0, 0.1) is 5.92 Å². The third-order valence-electron chi connectivity index (χ3n) is 2.57. The molecule has 0 rings (SSSR count). The molecule has 0 aromatic heterocycles. The van der Waals surface area contributed by atoms with Crippen LogP contribution in [-0.4, -0.2) is 18.5 Å². The van der Waals surface area contributed by atoms with Crippen molar-refractivity contribution in [2.24, 2.45) is 11.7 Å². The van der Waals surface area contributed by atoms with Crippen LogP contribution in [0.15, 0.2) is 0 Å². The Hall–Kier alpha value is -0.570. The van der Waals surface area contributed by atoms with Gasteiger partial charge < -0.3 is 11.1 Å². The summed E-state index contributed by atoms with van der Waals surface area (Å²) in [5.74, 6) is 0.753. The number of hydrogen-bond acceptors (Lipinski definition) is 2. The van der Waals surface area contributed by atoms with Crippen LogP contribution in [0.2, 0.25) is 0 Å². The van der Waals surface area contributed by atoms with Gasteiger partial charge in [-0.2, -0.15) is 0 Å². The molecule has 1 amide bonds. The van der Waals surface area contributed by atoms with Crippen molar-refractivity contribution in [3.63, 3.8) is 0 Å². The lowest BCUT2D eigenvalue weighted by Crippen LogP contribution is -2.30. The highest BCUT2D eigenvalue weighted by Gasteiger charge is 2.06. The van der Waals surface area contributed by atoms with Gasteiger partial charge in [-0.25, -0.2) is 0 Å². The summed E-state index contributed by atoms with van der Waals surface area (Å²) in [5, 5.41) is 2.95. The molecule has 0 saturated heterocycles. The normalized spacial score (nSPS) is 12.9. The van der Waals surface area contributed by atoms with E-state index < -0.39 is 0 Å². The Kier molecular flexibility index (Phi) is 7.48. The number of rotatable bonds is 7. The first-order valence-electron chi connectivity index (χ1n) is 5.62. The van der Waals surface area contributed by atoms with Crippen LogP contribution in [0.25, 0.3) is 0 Å². The topological polar surface area (TPSA) is 55.1 Å². The Labute approximate surface area is 87.4 Å². The zero-order chi connectivity index (χ0) is 11.0. The van der Waals surface area contributed by atoms with Gasteiger partial charge in [0.2, 0.25) is 5.91 Å². The first-order chi connectivity index (χ1) is 6.60. The minimum Gasteiger partial charge on any atom is -0.356 e. The molecule has 0 aromatic rings. The zero-order valence-electron chi connectivity index (χ0n) is 9.68. The summed E-state index contributed by atoms with van der Waals surface area (Å²) in [7, 11) is 0. The van der Waals surface area contributed by atoms with Crippen LogP contribution >= 0.6 is 0 Å². The van der Waals surface area contributed by atoms with E-state index in [2.05, 4.69) is 19.2 Å². The standard InChI is InChI=1S/C11H24N2O/c1-4-10(5-2)8-13-11(14)7-6-9(3)12/h9-10H,4-8,12H2,1-3H3,(H,13,14). The van der Waals surface area contributed by atoms with Crippen LogP contribution in [-0.2, 0) is 4.79 Å². The van der Waals surface area contributed by atoms with Crippen LogP contribution in [0.4, 0.5) is 0 Å². The molecule has 0 saturated carbocycles. The number of nitrogens with two attached hydrogens (primary N) is 1. The molecule has 0 bridgehead atoms. The molecular formula is C11H24N2O. The largest absolute Gasteiger partial charge is 0.356 e. The molecule has 0 spiro atoms. The van der Waals surface area contributed by atoms with Crippen molar-refractivity contribution >= 4 is 5.91 Å². The first-order valence-corrected chi connectivity index (χ1v) is 5.62. The third-order valence-corrected chi connectivity index (χ3v) is 2.57. The molecule has 3 nitrogen and oxygen atoms in total. The van der Waals surface area contributed by atoms with Gasteiger partial charge in [0.15, 0.2) is 0 Å². The molecule has 3 N–H and O–H groups in total. The maximum atomic E-state index is 11.3. The summed E-state index contributed by atoms with van der Waals surface area (Å²) in [6.45, 7) is 7.05. The maximum absolute atomic E-state index is 11.3. The molecule has 0 heterocycles. The summed E-state index contributed by atoms with van der Waals surface area (Å²) in [4.78, 5) is 11.3. The minimum absolute atomic E-state index is 0.119. The number of amides is 1. The van der Waals surface area contributed by atoms with E-state index in [4.69, 9.17) is 5.73 Å². The van der Waals surface area contributed by atoms with Crippen LogP contribution in [0.3, 0.4) is 0 Å². The van der Waals surface area contributed by atoms with E-state index in [9.17, 15) is 4.79 Å². The summed E-state index contributed by atoms with van der Waals surface area (Å²) in [6, 6.07) is 0.119. The number of carbonyl (C=O) groups excluding carboxylic acids is 1. The van der Waals surface area contributed by atoms with E-state index in [-0.39, 0.29) is 11.9 Å². The summed E-state index contributed by atoms with van der Waals surface area (Å²) >= 11 is 0. The fraction of sp³-hybridized carbons (Fsp3) is 0.909. The van der Waals surface area contributed by atoms with E-state index >= 15 is 0 Å². The second-order valence-electron chi connectivity index (χ2n) is 4.00. The first kappa shape index (κ1) is 13.4. The van der Waals surface area contributed by atoms with Crippen LogP contribution in [0.5, 0.6) is 0 Å². The molecule has 0 aromatic carbocycles. The fourth-order valence-electron chi connectivity index (χ4n) is 1.28. The van der Waals surface area contributed by atoms with Crippen molar-refractivity contribution in [3.8, 4) is 0 Å². The van der Waals surface area contributed by atoms with Crippen molar-refractivity contribution in [1.29, 1.82) is 0 Å². The predicted octanol–water partition coefficient (Wildman–Crippen LogP) is 1.67. The van der Waals surface area contributed by atoms with Gasteiger partial charge in [0, 0.05) is 19.0 Å². The van der Waals surface area contributed by atoms with Gasteiger partial charge in [0.05, 0.1) is 0 Å². The number of nitrogens with one attached hydrogen (secondary N) is 1. The smallest absolute Gasteiger partial charge is 0.220 e. The van der Waals surface area contributed by atoms with Crippen molar-refractivity contribution in [2.45, 2.75) is 52.5 Å². The average molecular weight is 200 g/mol. The van der Waals surface area contributed by atoms with Gasteiger partial charge in [0.1, 0.15) is 0 Å². The van der Waals surface area contributed by atoms with Crippen LogP contribution < -0.4 is 11.1 Å². The molecule has 0 radical (unpaired) electrons. The molecular weight excluding hydrogens is 176 g/mol. The fourth-order valence-corrected chi connectivity index (χ4v) is 1.28. The second-order valence-corrected chi connectivity index (χ2v) is 4.00. The zero-order valence-corrected chi connectivity index (χ0v) is 9.68. The maximum Gasteiger partial charge on any atom is 0.220 e. The molecule has 14 heavy (non-hydrogen) atoms. The number of carbonyl (C=O) groups is 1. The highest BCUT2D eigenvalue weighted by Crippen LogP contribution is 2.05. The Balaban J connectivity index is 3.52. The van der Waals surface area contributed by atoms with Gasteiger partial charge in [0.25, 0.3) is 0 Å². The molecule has 1 unspecified atom stereocenters. The summed E-state index contributed by atoms with van der Waals surface area (Å²) in [5.41, 5.74) is 5.57. The summed E-state index contributed by atoms with van der Waals surface area (Å²) < 4.78 is 0. The third kappa shape index (κ3) is 6.89. The van der Waals surface area contributed by atoms with Crippen LogP contribution in [0.1, 0.15) is 46.5 Å². The Morgan fingerprint density at radius 3 is 2.36 bits per heavy atom. The van der Waals surface area contributed by atoms with E-state index in [0.29, 0.717) is 12.3 Å². The lowest BCUT2D eigenvalue weighted by atomic mass is 10.0. The van der Waals surface area contributed by atoms with E-state index in [1.165, 1.54) is 0 Å². The van der Waals surface area contributed by atoms with Crippen molar-refractivity contribution in [3.05, 3.63) is 0 Å². The summed E-state index contributed by atoms with van der Waals surface area (Å²) in [6.07, 6.45) is 3.58. The number of hydrogen-bond donors (Lipinski definition) is 2. The van der Waals surface area contributed by atoms with Gasteiger partial charge >= 0.3 is 0 Å². The van der Waals surface area contributed by atoms with Gasteiger partial charge in [-0.15, -0.1) is 0 Å². The predicted molar refractivity (Wildman–Crippen MR) is 60.0 cm³/mol. The minimum atomic E-state index is 0.119. The molecule has 0 fully saturated rings. The highest BCUT2D eigenvalue weighted by atomic mass is 16.1. The highest BCUT2D eigenvalue weighted by molar-refractivity contribution is 5.75. The Bertz CT molecular complexity index is 153. The van der Waals surface area contributed by atoms with E-state index in [0.717, 1.165) is 25.8 Å². The lowest BCUT2D eigenvalue weighted by molar-refractivity contribution is -0.121. The van der Waals surface area contributed by atoms with Gasteiger partial charge in [-0.1, -0.05) is 26.7 Å². The Morgan fingerprint density at radius 2 is 1.93 bits per heavy atom. The van der Waals surface area contributed by atoms with Crippen molar-refractivity contribution in [2.75, 3.05) is 6.54 Å². The molecule has 0 aliphatic carbocycles. The Morgan fingerprint density at radius 1 is 1.36 bits per heavy atom. The molecule has 0 aliphatic heterocycles. The van der Waals surface area contributed by atoms with E-state index in [1.54, 1.807) is 0 Å². The SMILES string of the molecule is CCC(CC)CNC(=O)CCC(C)N. The van der Waals surface area contributed by atoms with Gasteiger partial charge in [-0.05, 0) is 19.3 Å². The second kappa shape index (κ2) is 7.80. The monoisotopic (exact) mass is 200 g/mol. The average Bonchev–Trinajstić information content (AvgIpc) is 2.16. The molecule has 3 heteroatoms. The quantitative estimate of drug-likeness (QED) is 0.657. The van der Waals surface area contributed by atoms with Crippen molar-refractivity contribution < 1.29 is 4.79 Å².